The van der Waals surface area contributed by atoms with Gasteiger partial charge in [-0.2, -0.15) is 0 Å². The molecule has 24 heavy (non-hydrogen) atoms. The molecule has 0 aliphatic heterocycles. The largest absolute Gasteiger partial charge is 0.320 e. The third-order valence-corrected chi connectivity index (χ3v) is 5.32. The van der Waals surface area contributed by atoms with E-state index in [9.17, 15) is 4.79 Å². The molecule has 1 heterocycles. The second kappa shape index (κ2) is 10.3. The Hall–Kier alpha value is -1.62. The van der Waals surface area contributed by atoms with Gasteiger partial charge in [-0.05, 0) is 31.4 Å². The highest BCUT2D eigenvalue weighted by atomic mass is 32.2. The normalized spacial score (nSPS) is 16.9. The zero-order valence-corrected chi connectivity index (χ0v) is 15.4. The average Bonchev–Trinajstić information content (AvgIpc) is 2.61. The van der Waals surface area contributed by atoms with E-state index < -0.39 is 0 Å². The average molecular weight is 346 g/mol. The van der Waals surface area contributed by atoms with Crippen molar-refractivity contribution < 1.29 is 4.79 Å². The predicted octanol–water partition coefficient (Wildman–Crippen LogP) is 4.33. The number of aromatic nitrogens is 1. The minimum absolute atomic E-state index is 0.0278. The molecule has 1 saturated carbocycles. The molecule has 1 aliphatic rings. The van der Waals surface area contributed by atoms with Gasteiger partial charge in [0.1, 0.15) is 0 Å². The summed E-state index contributed by atoms with van der Waals surface area (Å²) in [5, 5.41) is 5.07. The second-order valence-corrected chi connectivity index (χ2v) is 7.08. The summed E-state index contributed by atoms with van der Waals surface area (Å²) < 4.78 is 0. The van der Waals surface area contributed by atoms with Crippen molar-refractivity contribution in [3.63, 3.8) is 0 Å². The van der Waals surface area contributed by atoms with Crippen molar-refractivity contribution in [1.82, 2.24) is 10.3 Å². The molecule has 130 valence electrons. The smallest absolute Gasteiger partial charge is 0.230 e. The first-order valence-electron chi connectivity index (χ1n) is 8.77. The van der Waals surface area contributed by atoms with Crippen LogP contribution < -0.4 is 5.32 Å². The molecular formula is C19H27N3OS. The number of allylic oxidation sites excluding steroid dienone is 1. The van der Waals surface area contributed by atoms with Gasteiger partial charge in [0.05, 0.1) is 16.5 Å². The Bertz CT molecular complexity index is 578. The van der Waals surface area contributed by atoms with Gasteiger partial charge < -0.3 is 5.32 Å². The quantitative estimate of drug-likeness (QED) is 0.616. The van der Waals surface area contributed by atoms with Crippen LogP contribution in [-0.2, 0) is 11.2 Å². The molecule has 0 radical (unpaired) electrons. The van der Waals surface area contributed by atoms with Gasteiger partial charge in [-0.3, -0.25) is 14.8 Å². The van der Waals surface area contributed by atoms with Crippen LogP contribution in [0.25, 0.3) is 0 Å². The molecule has 0 aromatic carbocycles. The van der Waals surface area contributed by atoms with E-state index in [4.69, 9.17) is 0 Å². The van der Waals surface area contributed by atoms with Crippen molar-refractivity contribution in [2.45, 2.75) is 51.9 Å². The summed E-state index contributed by atoms with van der Waals surface area (Å²) in [4.78, 5) is 21.0. The molecule has 0 atom stereocenters. The summed E-state index contributed by atoms with van der Waals surface area (Å²) in [7, 11) is 1.86. The number of nitrogens with zero attached hydrogens (tertiary/aromatic N) is 2. The summed E-state index contributed by atoms with van der Waals surface area (Å²) in [6.45, 7) is 2.08. The number of nitrogens with one attached hydrogen (secondary N) is 1. The van der Waals surface area contributed by atoms with Crippen molar-refractivity contribution in [3.05, 3.63) is 41.2 Å². The molecule has 1 aromatic heterocycles. The lowest BCUT2D eigenvalue weighted by Gasteiger charge is -2.23. The summed E-state index contributed by atoms with van der Waals surface area (Å²) in [6, 6.07) is 5.63. The van der Waals surface area contributed by atoms with Gasteiger partial charge in [-0.15, -0.1) is 0 Å². The Morgan fingerprint density at radius 3 is 2.79 bits per heavy atom. The highest BCUT2D eigenvalue weighted by molar-refractivity contribution is 8.17. The first-order valence-corrected chi connectivity index (χ1v) is 9.59. The Morgan fingerprint density at radius 1 is 1.38 bits per heavy atom. The fraction of sp³-hybridized carbons (Fsp3) is 0.526. The van der Waals surface area contributed by atoms with Gasteiger partial charge in [0.25, 0.3) is 0 Å². The molecule has 0 unspecified atom stereocenters. The van der Waals surface area contributed by atoms with Gasteiger partial charge >= 0.3 is 0 Å². The van der Waals surface area contributed by atoms with E-state index in [0.29, 0.717) is 12.3 Å². The minimum Gasteiger partial charge on any atom is -0.320 e. The van der Waals surface area contributed by atoms with E-state index in [1.165, 1.54) is 32.1 Å². The van der Waals surface area contributed by atoms with Crippen LogP contribution in [0.4, 0.5) is 0 Å². The standard InChI is InChI=1S/C19H27N3OS/c1-3-9-18(22-17(23)14-16-12-7-8-13-21-16)24-19(20-2)15-10-5-4-6-11-15/h7-9,12-13,15H,3-6,10-11,14H2,1-2H3,(H,22,23)/b18-9-,20-19?. The Balaban J connectivity index is 1.95. The van der Waals surface area contributed by atoms with Gasteiger partial charge in [0.15, 0.2) is 0 Å². The van der Waals surface area contributed by atoms with Crippen LogP contribution in [0.15, 0.2) is 40.5 Å². The maximum absolute atomic E-state index is 12.3. The molecule has 1 aliphatic carbocycles. The monoisotopic (exact) mass is 345 g/mol. The Kier molecular flexibility index (Phi) is 8.02. The van der Waals surface area contributed by atoms with E-state index in [0.717, 1.165) is 22.2 Å². The van der Waals surface area contributed by atoms with Crippen molar-refractivity contribution >= 4 is 22.7 Å². The molecule has 4 nitrogen and oxygen atoms in total. The lowest BCUT2D eigenvalue weighted by Crippen LogP contribution is -2.25. The maximum atomic E-state index is 12.3. The van der Waals surface area contributed by atoms with E-state index in [-0.39, 0.29) is 5.91 Å². The SMILES string of the molecule is CC/C=C(/NC(=O)Cc1ccccn1)SC(=NC)C1CCCCC1. The zero-order valence-electron chi connectivity index (χ0n) is 14.6. The molecule has 1 aromatic rings. The number of rotatable bonds is 6. The third kappa shape index (κ3) is 6.11. The third-order valence-electron chi connectivity index (χ3n) is 4.11. The van der Waals surface area contributed by atoms with Crippen molar-refractivity contribution in [3.8, 4) is 0 Å². The van der Waals surface area contributed by atoms with Crippen LogP contribution in [0, 0.1) is 5.92 Å². The molecule has 1 fully saturated rings. The number of aliphatic imine (C=N–C) groups is 1. The molecule has 1 N–H and O–H groups in total. The first-order chi connectivity index (χ1) is 11.7. The summed E-state index contributed by atoms with van der Waals surface area (Å²) in [5.41, 5.74) is 0.785. The van der Waals surface area contributed by atoms with Crippen molar-refractivity contribution in [2.75, 3.05) is 7.05 Å². The summed E-state index contributed by atoms with van der Waals surface area (Å²) >= 11 is 1.62. The Morgan fingerprint density at radius 2 is 2.17 bits per heavy atom. The summed E-state index contributed by atoms with van der Waals surface area (Å²) in [5.74, 6) is 0.515. The molecular weight excluding hydrogens is 318 g/mol. The van der Waals surface area contributed by atoms with Crippen LogP contribution in [0.2, 0.25) is 0 Å². The molecule has 0 spiro atoms. The fourth-order valence-corrected chi connectivity index (χ4v) is 4.06. The van der Waals surface area contributed by atoms with Gasteiger partial charge in [0.2, 0.25) is 5.91 Å². The fourth-order valence-electron chi connectivity index (χ4n) is 2.93. The number of thioether (sulfide) groups is 1. The molecule has 1 amide bonds. The van der Waals surface area contributed by atoms with E-state index in [1.807, 2.05) is 25.2 Å². The molecule has 0 saturated heterocycles. The molecule has 0 bridgehead atoms. The highest BCUT2D eigenvalue weighted by Crippen LogP contribution is 2.31. The zero-order chi connectivity index (χ0) is 17.2. The van der Waals surface area contributed by atoms with E-state index in [1.54, 1.807) is 18.0 Å². The number of amides is 1. The first kappa shape index (κ1) is 18.7. The number of hydrogen-bond acceptors (Lipinski definition) is 4. The van der Waals surface area contributed by atoms with Crippen LogP contribution in [0.1, 0.15) is 51.1 Å². The van der Waals surface area contributed by atoms with Crippen LogP contribution in [0.5, 0.6) is 0 Å². The molecule has 5 heteroatoms. The molecule has 2 rings (SSSR count). The van der Waals surface area contributed by atoms with Crippen LogP contribution in [0.3, 0.4) is 0 Å². The number of pyridine rings is 1. The van der Waals surface area contributed by atoms with Crippen molar-refractivity contribution in [2.24, 2.45) is 10.9 Å². The van der Waals surface area contributed by atoms with Gasteiger partial charge in [-0.1, -0.05) is 50.1 Å². The minimum atomic E-state index is -0.0278. The lowest BCUT2D eigenvalue weighted by molar-refractivity contribution is -0.119. The predicted molar refractivity (Wildman–Crippen MR) is 102 cm³/mol. The summed E-state index contributed by atoms with van der Waals surface area (Å²) in [6.07, 6.45) is 11.3. The van der Waals surface area contributed by atoms with Crippen LogP contribution >= 0.6 is 11.8 Å². The number of carbonyl (C=O) groups is 1. The maximum Gasteiger partial charge on any atom is 0.230 e. The number of hydrogen-bond donors (Lipinski definition) is 1. The highest BCUT2D eigenvalue weighted by Gasteiger charge is 2.21. The topological polar surface area (TPSA) is 54.4 Å². The lowest BCUT2D eigenvalue weighted by atomic mass is 9.90. The number of carbonyl (C=O) groups excluding carboxylic acids is 1. The van der Waals surface area contributed by atoms with Gasteiger partial charge in [-0.25, -0.2) is 0 Å². The van der Waals surface area contributed by atoms with Crippen LogP contribution in [-0.4, -0.2) is 23.0 Å². The van der Waals surface area contributed by atoms with E-state index in [2.05, 4.69) is 28.3 Å². The Labute approximate surface area is 149 Å². The van der Waals surface area contributed by atoms with E-state index >= 15 is 0 Å². The second-order valence-electron chi connectivity index (χ2n) is 6.02. The van der Waals surface area contributed by atoms with Gasteiger partial charge in [0, 0.05) is 24.9 Å². The van der Waals surface area contributed by atoms with Crippen molar-refractivity contribution in [1.29, 1.82) is 0 Å².